The highest BCUT2D eigenvalue weighted by atomic mass is 16.6. The van der Waals surface area contributed by atoms with Gasteiger partial charge in [0, 0.05) is 0 Å². The van der Waals surface area contributed by atoms with Crippen LogP contribution in [0, 0.1) is 5.92 Å². The molecule has 7 heteroatoms. The molecule has 0 fully saturated rings. The zero-order chi connectivity index (χ0) is 17.2. The molecule has 0 aromatic heterocycles. The molecule has 0 aliphatic carbocycles. The summed E-state index contributed by atoms with van der Waals surface area (Å²) in [5, 5.41) is 18.2. The fraction of sp³-hybridized carbons (Fsp3) is 1.00. The average molecular weight is 338 g/mol. The minimum Gasteiger partial charge on any atom is -0.394 e. The molecule has 0 amide bonds. The zero-order valence-corrected chi connectivity index (χ0v) is 14.6. The van der Waals surface area contributed by atoms with E-state index in [0.29, 0.717) is 66.1 Å². The predicted octanol–water partition coefficient (Wildman–Crippen LogP) is 0.469. The van der Waals surface area contributed by atoms with Crippen LogP contribution in [-0.4, -0.2) is 89.0 Å². The molecule has 0 aliphatic rings. The first-order chi connectivity index (χ1) is 11.2. The van der Waals surface area contributed by atoms with Crippen LogP contribution in [0.25, 0.3) is 0 Å². The molecule has 0 saturated heterocycles. The molecule has 2 unspecified atom stereocenters. The second-order valence-corrected chi connectivity index (χ2v) is 5.20. The lowest BCUT2D eigenvalue weighted by Gasteiger charge is -2.16. The second kappa shape index (κ2) is 18.1. The number of aliphatic hydroxyl groups excluding tert-OH is 2. The number of rotatable bonds is 18. The lowest BCUT2D eigenvalue weighted by atomic mass is 10.0. The number of ether oxygens (including phenoxy) is 5. The molecule has 23 heavy (non-hydrogen) atoms. The van der Waals surface area contributed by atoms with Crippen molar-refractivity contribution in [1.29, 1.82) is 0 Å². The molecule has 0 heterocycles. The molecule has 0 spiro atoms. The van der Waals surface area contributed by atoms with Gasteiger partial charge in [0.05, 0.1) is 78.8 Å². The minimum absolute atomic E-state index is 0.0343. The van der Waals surface area contributed by atoms with Crippen LogP contribution in [0.3, 0.4) is 0 Å². The topological polar surface area (TPSA) is 86.6 Å². The Hall–Kier alpha value is -0.280. The first kappa shape index (κ1) is 22.7. The molecular formula is C16H34O7. The summed E-state index contributed by atoms with van der Waals surface area (Å²) in [4.78, 5) is 0. The summed E-state index contributed by atoms with van der Waals surface area (Å²) in [5.74, 6) is 0.257. The van der Waals surface area contributed by atoms with E-state index in [9.17, 15) is 5.11 Å². The molecule has 0 aromatic carbocycles. The van der Waals surface area contributed by atoms with E-state index in [0.717, 1.165) is 6.42 Å². The van der Waals surface area contributed by atoms with Crippen LogP contribution in [-0.2, 0) is 23.7 Å². The Morgan fingerprint density at radius 3 is 1.48 bits per heavy atom. The van der Waals surface area contributed by atoms with Crippen LogP contribution in [0.1, 0.15) is 20.3 Å². The van der Waals surface area contributed by atoms with Crippen LogP contribution < -0.4 is 0 Å². The standard InChI is InChI=1S/C16H34O7/c1-3-15(2)16(18)14-23-13-12-22-11-10-21-9-8-20-7-6-19-5-4-17/h15-18H,3-14H2,1-2H3. The third-order valence-corrected chi connectivity index (χ3v) is 3.31. The maximum Gasteiger partial charge on any atom is 0.0799 e. The van der Waals surface area contributed by atoms with Crippen molar-refractivity contribution in [2.24, 2.45) is 5.92 Å². The highest BCUT2D eigenvalue weighted by molar-refractivity contribution is 4.61. The number of hydrogen-bond donors (Lipinski definition) is 2. The van der Waals surface area contributed by atoms with Gasteiger partial charge < -0.3 is 33.9 Å². The Morgan fingerprint density at radius 1 is 0.696 bits per heavy atom. The van der Waals surface area contributed by atoms with Crippen molar-refractivity contribution < 1.29 is 33.9 Å². The van der Waals surface area contributed by atoms with Crippen LogP contribution in [0.15, 0.2) is 0 Å². The van der Waals surface area contributed by atoms with E-state index in [1.54, 1.807) is 0 Å². The molecular weight excluding hydrogens is 304 g/mol. The zero-order valence-electron chi connectivity index (χ0n) is 14.6. The molecule has 0 radical (unpaired) electrons. The van der Waals surface area contributed by atoms with Gasteiger partial charge in [-0.05, 0) is 5.92 Å². The van der Waals surface area contributed by atoms with Crippen molar-refractivity contribution in [2.45, 2.75) is 26.4 Å². The number of hydrogen-bond acceptors (Lipinski definition) is 7. The third-order valence-electron chi connectivity index (χ3n) is 3.31. The Bertz CT molecular complexity index is 228. The van der Waals surface area contributed by atoms with Crippen LogP contribution in [0.4, 0.5) is 0 Å². The van der Waals surface area contributed by atoms with Gasteiger partial charge in [-0.1, -0.05) is 20.3 Å². The Kier molecular flexibility index (Phi) is 17.8. The molecule has 0 rings (SSSR count). The molecule has 0 saturated carbocycles. The van der Waals surface area contributed by atoms with E-state index in [-0.39, 0.29) is 12.5 Å². The monoisotopic (exact) mass is 338 g/mol. The van der Waals surface area contributed by atoms with Crippen molar-refractivity contribution in [3.05, 3.63) is 0 Å². The Morgan fingerprint density at radius 2 is 1.09 bits per heavy atom. The normalized spacial score (nSPS) is 14.1. The highest BCUT2D eigenvalue weighted by Crippen LogP contribution is 2.07. The van der Waals surface area contributed by atoms with Crippen molar-refractivity contribution in [3.63, 3.8) is 0 Å². The van der Waals surface area contributed by atoms with E-state index in [2.05, 4.69) is 0 Å². The van der Waals surface area contributed by atoms with Gasteiger partial charge in [0.15, 0.2) is 0 Å². The van der Waals surface area contributed by atoms with Crippen molar-refractivity contribution in [1.82, 2.24) is 0 Å². The van der Waals surface area contributed by atoms with Crippen molar-refractivity contribution in [2.75, 3.05) is 72.7 Å². The van der Waals surface area contributed by atoms with E-state index < -0.39 is 6.10 Å². The molecule has 0 aromatic rings. The Balaban J connectivity index is 3.08. The van der Waals surface area contributed by atoms with Crippen molar-refractivity contribution in [3.8, 4) is 0 Å². The second-order valence-electron chi connectivity index (χ2n) is 5.20. The van der Waals surface area contributed by atoms with Gasteiger partial charge in [0.2, 0.25) is 0 Å². The van der Waals surface area contributed by atoms with Gasteiger partial charge in [0.25, 0.3) is 0 Å². The number of aliphatic hydroxyl groups is 2. The summed E-state index contributed by atoms with van der Waals surface area (Å²) >= 11 is 0. The SMILES string of the molecule is CCC(C)C(O)COCCOCCOCCOCCOCCO. The van der Waals surface area contributed by atoms with Crippen LogP contribution in [0.2, 0.25) is 0 Å². The average Bonchev–Trinajstić information content (AvgIpc) is 2.57. The molecule has 2 N–H and O–H groups in total. The predicted molar refractivity (Wildman–Crippen MR) is 86.6 cm³/mol. The lowest BCUT2D eigenvalue weighted by molar-refractivity contribution is -0.0295. The van der Waals surface area contributed by atoms with E-state index in [1.165, 1.54) is 0 Å². The van der Waals surface area contributed by atoms with Gasteiger partial charge >= 0.3 is 0 Å². The summed E-state index contributed by atoms with van der Waals surface area (Å²) in [7, 11) is 0. The van der Waals surface area contributed by atoms with Crippen LogP contribution in [0.5, 0.6) is 0 Å². The summed E-state index contributed by atoms with van der Waals surface area (Å²) in [6, 6.07) is 0. The molecule has 0 bridgehead atoms. The van der Waals surface area contributed by atoms with E-state index in [4.69, 9.17) is 28.8 Å². The van der Waals surface area contributed by atoms with E-state index >= 15 is 0 Å². The summed E-state index contributed by atoms with van der Waals surface area (Å²) in [6.45, 7) is 8.80. The lowest BCUT2D eigenvalue weighted by Crippen LogP contribution is -2.24. The first-order valence-electron chi connectivity index (χ1n) is 8.40. The highest BCUT2D eigenvalue weighted by Gasteiger charge is 2.11. The summed E-state index contributed by atoms with van der Waals surface area (Å²) < 4.78 is 26.4. The smallest absolute Gasteiger partial charge is 0.0799 e. The molecule has 0 aliphatic heterocycles. The van der Waals surface area contributed by atoms with Crippen LogP contribution >= 0.6 is 0 Å². The third kappa shape index (κ3) is 16.4. The fourth-order valence-corrected chi connectivity index (χ4v) is 1.58. The summed E-state index contributed by atoms with van der Waals surface area (Å²) in [6.07, 6.45) is 0.537. The fourth-order valence-electron chi connectivity index (χ4n) is 1.58. The van der Waals surface area contributed by atoms with Gasteiger partial charge in [-0.25, -0.2) is 0 Å². The largest absolute Gasteiger partial charge is 0.394 e. The molecule has 140 valence electrons. The van der Waals surface area contributed by atoms with Gasteiger partial charge in [-0.3, -0.25) is 0 Å². The van der Waals surface area contributed by atoms with Crippen molar-refractivity contribution >= 4 is 0 Å². The first-order valence-corrected chi connectivity index (χ1v) is 8.40. The molecule has 2 atom stereocenters. The maximum absolute atomic E-state index is 9.70. The van der Waals surface area contributed by atoms with Gasteiger partial charge in [0.1, 0.15) is 0 Å². The summed E-state index contributed by atoms with van der Waals surface area (Å²) in [5.41, 5.74) is 0. The molecule has 7 nitrogen and oxygen atoms in total. The Labute approximate surface area is 139 Å². The maximum atomic E-state index is 9.70. The van der Waals surface area contributed by atoms with Gasteiger partial charge in [-0.15, -0.1) is 0 Å². The van der Waals surface area contributed by atoms with Gasteiger partial charge in [-0.2, -0.15) is 0 Å². The van der Waals surface area contributed by atoms with E-state index in [1.807, 2.05) is 13.8 Å². The minimum atomic E-state index is -0.405. The quantitative estimate of drug-likeness (QED) is 0.351.